The van der Waals surface area contributed by atoms with Crippen molar-refractivity contribution in [2.24, 2.45) is 5.73 Å². The minimum atomic E-state index is -0.512. The van der Waals surface area contributed by atoms with Crippen molar-refractivity contribution in [2.45, 2.75) is 19.9 Å². The van der Waals surface area contributed by atoms with E-state index in [1.54, 1.807) is 18.2 Å². The van der Waals surface area contributed by atoms with Crippen LogP contribution in [-0.4, -0.2) is 29.8 Å². The van der Waals surface area contributed by atoms with Crippen molar-refractivity contribution < 1.29 is 14.3 Å². The van der Waals surface area contributed by atoms with Crippen LogP contribution in [0.25, 0.3) is 0 Å². The number of rotatable bonds is 6. The van der Waals surface area contributed by atoms with E-state index in [1.165, 1.54) is 11.3 Å². The molecule has 0 unspecified atom stereocenters. The summed E-state index contributed by atoms with van der Waals surface area (Å²) in [5.41, 5.74) is 7.45. The first-order chi connectivity index (χ1) is 14.6. The summed E-state index contributed by atoms with van der Waals surface area (Å²) in [4.78, 5) is 28.6. The Labute approximate surface area is 179 Å². The summed E-state index contributed by atoms with van der Waals surface area (Å²) in [6.07, 6.45) is 0.752. The van der Waals surface area contributed by atoms with Gasteiger partial charge in [0.05, 0.1) is 11.1 Å². The molecule has 2 aromatic carbocycles. The number of hydrogen-bond donors (Lipinski definition) is 2. The van der Waals surface area contributed by atoms with Crippen molar-refractivity contribution in [3.63, 3.8) is 0 Å². The summed E-state index contributed by atoms with van der Waals surface area (Å²) in [5, 5.41) is 3.41. The van der Waals surface area contributed by atoms with E-state index in [2.05, 4.69) is 17.1 Å². The molecule has 0 bridgehead atoms. The van der Waals surface area contributed by atoms with Gasteiger partial charge in [-0.15, -0.1) is 11.3 Å². The number of likely N-dealkylation sites (N-methyl/N-ethyl adjacent to an activating group) is 1. The van der Waals surface area contributed by atoms with E-state index in [0.29, 0.717) is 27.6 Å². The highest BCUT2D eigenvalue weighted by Gasteiger charge is 2.27. The molecule has 4 rings (SSSR count). The molecule has 2 amide bonds. The van der Waals surface area contributed by atoms with Crippen molar-refractivity contribution in [3.05, 3.63) is 76.2 Å². The number of ether oxygens (including phenoxy) is 1. The van der Waals surface area contributed by atoms with Gasteiger partial charge in [0.15, 0.2) is 0 Å². The maximum Gasteiger partial charge on any atom is 0.260 e. The lowest BCUT2D eigenvalue weighted by Crippen LogP contribution is -2.30. The number of anilines is 1. The Hall–Kier alpha value is -3.16. The SMILES string of the molecule is CCN1CCc2c(sc(NC(=O)c3ccccc3Oc3ccccc3)c2C(N)=O)C1. The van der Waals surface area contributed by atoms with Gasteiger partial charge in [0.2, 0.25) is 0 Å². The number of hydrogen-bond acceptors (Lipinski definition) is 5. The number of thiophene rings is 1. The third-order valence-corrected chi connectivity index (χ3v) is 6.29. The number of amides is 2. The fraction of sp³-hybridized carbons (Fsp3) is 0.217. The van der Waals surface area contributed by atoms with Gasteiger partial charge >= 0.3 is 0 Å². The Morgan fingerprint density at radius 2 is 1.87 bits per heavy atom. The van der Waals surface area contributed by atoms with E-state index in [0.717, 1.165) is 36.5 Å². The predicted octanol–water partition coefficient (Wildman–Crippen LogP) is 4.27. The molecule has 3 aromatic rings. The van der Waals surface area contributed by atoms with Crippen LogP contribution in [0.4, 0.5) is 5.00 Å². The molecule has 0 fully saturated rings. The van der Waals surface area contributed by atoms with E-state index in [1.807, 2.05) is 36.4 Å². The monoisotopic (exact) mass is 421 g/mol. The fourth-order valence-electron chi connectivity index (χ4n) is 3.60. The number of carbonyl (C=O) groups is 2. The van der Waals surface area contributed by atoms with Gasteiger partial charge in [-0.2, -0.15) is 0 Å². The molecule has 30 heavy (non-hydrogen) atoms. The van der Waals surface area contributed by atoms with Crippen molar-refractivity contribution in [1.29, 1.82) is 0 Å². The molecular weight excluding hydrogens is 398 g/mol. The molecule has 0 saturated heterocycles. The quantitative estimate of drug-likeness (QED) is 0.623. The maximum atomic E-state index is 13.1. The van der Waals surface area contributed by atoms with Gasteiger partial charge in [0.1, 0.15) is 16.5 Å². The van der Waals surface area contributed by atoms with Crippen molar-refractivity contribution in [1.82, 2.24) is 4.90 Å². The lowest BCUT2D eigenvalue weighted by atomic mass is 10.0. The van der Waals surface area contributed by atoms with Gasteiger partial charge in [-0.1, -0.05) is 37.3 Å². The first-order valence-electron chi connectivity index (χ1n) is 9.86. The van der Waals surface area contributed by atoms with Crippen LogP contribution in [-0.2, 0) is 13.0 Å². The second-order valence-corrected chi connectivity index (χ2v) is 8.16. The van der Waals surface area contributed by atoms with E-state index < -0.39 is 5.91 Å². The first kappa shape index (κ1) is 20.1. The number of carbonyl (C=O) groups excluding carboxylic acids is 2. The Morgan fingerprint density at radius 3 is 2.60 bits per heavy atom. The zero-order chi connectivity index (χ0) is 21.1. The standard InChI is InChI=1S/C23H23N3O3S/c1-2-26-13-12-17-19(14-26)30-23(20(17)21(24)27)25-22(28)16-10-6-7-11-18(16)29-15-8-4-3-5-9-15/h3-11H,2,12-14H2,1H3,(H2,24,27)(H,25,28). The largest absolute Gasteiger partial charge is 0.457 e. The first-order valence-corrected chi connectivity index (χ1v) is 10.7. The van der Waals surface area contributed by atoms with Crippen LogP contribution in [0.15, 0.2) is 54.6 Å². The van der Waals surface area contributed by atoms with E-state index >= 15 is 0 Å². The van der Waals surface area contributed by atoms with Gasteiger partial charge in [0.25, 0.3) is 11.8 Å². The molecule has 0 radical (unpaired) electrons. The van der Waals surface area contributed by atoms with Gasteiger partial charge < -0.3 is 15.8 Å². The highest BCUT2D eigenvalue weighted by atomic mass is 32.1. The molecule has 3 N–H and O–H groups in total. The number of benzene rings is 2. The molecule has 1 aromatic heterocycles. The maximum absolute atomic E-state index is 13.1. The van der Waals surface area contributed by atoms with Gasteiger partial charge in [0, 0.05) is 18.0 Å². The molecule has 0 atom stereocenters. The summed E-state index contributed by atoms with van der Waals surface area (Å²) in [7, 11) is 0. The second kappa shape index (κ2) is 8.69. The van der Waals surface area contributed by atoms with E-state index in [-0.39, 0.29) is 5.91 Å². The van der Waals surface area contributed by atoms with Crippen molar-refractivity contribution >= 4 is 28.2 Å². The number of nitrogens with two attached hydrogens (primary N) is 1. The molecule has 0 saturated carbocycles. The molecule has 6 nitrogen and oxygen atoms in total. The Balaban J connectivity index is 1.62. The molecule has 154 valence electrons. The minimum Gasteiger partial charge on any atom is -0.457 e. The lowest BCUT2D eigenvalue weighted by Gasteiger charge is -2.25. The van der Waals surface area contributed by atoms with Crippen LogP contribution in [0, 0.1) is 0 Å². The topological polar surface area (TPSA) is 84.7 Å². The lowest BCUT2D eigenvalue weighted by molar-refractivity contribution is 0.1000. The third-order valence-electron chi connectivity index (χ3n) is 5.16. The van der Waals surface area contributed by atoms with E-state index in [9.17, 15) is 9.59 Å². The molecular formula is C23H23N3O3S. The van der Waals surface area contributed by atoms with Crippen molar-refractivity contribution in [3.8, 4) is 11.5 Å². The summed E-state index contributed by atoms with van der Waals surface area (Å²) < 4.78 is 5.90. The van der Waals surface area contributed by atoms with Crippen LogP contribution >= 0.6 is 11.3 Å². The average molecular weight is 422 g/mol. The molecule has 1 aliphatic heterocycles. The third kappa shape index (κ3) is 4.08. The predicted molar refractivity (Wildman–Crippen MR) is 118 cm³/mol. The van der Waals surface area contributed by atoms with Crippen molar-refractivity contribution in [2.75, 3.05) is 18.4 Å². The number of primary amides is 1. The van der Waals surface area contributed by atoms with Gasteiger partial charge in [-0.3, -0.25) is 14.5 Å². The summed E-state index contributed by atoms with van der Waals surface area (Å²) in [5.74, 6) is 0.235. The Bertz CT molecular complexity index is 1080. The Kier molecular flexibility index (Phi) is 5.83. The molecule has 0 spiro atoms. The minimum absolute atomic E-state index is 0.338. The zero-order valence-corrected chi connectivity index (χ0v) is 17.5. The summed E-state index contributed by atoms with van der Waals surface area (Å²) in [6, 6.07) is 16.3. The number of para-hydroxylation sites is 2. The van der Waals surface area contributed by atoms with Crippen LogP contribution in [0.3, 0.4) is 0 Å². The molecule has 0 aliphatic carbocycles. The summed E-state index contributed by atoms with van der Waals surface area (Å²) in [6.45, 7) is 4.69. The normalized spacial score (nSPS) is 13.5. The summed E-state index contributed by atoms with van der Waals surface area (Å²) >= 11 is 1.43. The van der Waals surface area contributed by atoms with Crippen LogP contribution in [0.1, 0.15) is 38.1 Å². The number of fused-ring (bicyclic) bond motifs is 1. The number of nitrogens with one attached hydrogen (secondary N) is 1. The highest BCUT2D eigenvalue weighted by molar-refractivity contribution is 7.17. The second-order valence-electron chi connectivity index (χ2n) is 7.06. The molecule has 1 aliphatic rings. The fourth-order valence-corrected chi connectivity index (χ4v) is 4.89. The zero-order valence-electron chi connectivity index (χ0n) is 16.7. The van der Waals surface area contributed by atoms with Gasteiger partial charge in [-0.05, 0) is 42.8 Å². The molecule has 2 heterocycles. The van der Waals surface area contributed by atoms with E-state index in [4.69, 9.17) is 10.5 Å². The van der Waals surface area contributed by atoms with Crippen LogP contribution in [0.2, 0.25) is 0 Å². The number of nitrogens with zero attached hydrogens (tertiary/aromatic N) is 1. The smallest absolute Gasteiger partial charge is 0.260 e. The highest BCUT2D eigenvalue weighted by Crippen LogP contribution is 2.37. The average Bonchev–Trinajstić information content (AvgIpc) is 3.11. The Morgan fingerprint density at radius 1 is 1.13 bits per heavy atom. The van der Waals surface area contributed by atoms with Crippen LogP contribution < -0.4 is 15.8 Å². The van der Waals surface area contributed by atoms with Gasteiger partial charge in [-0.25, -0.2) is 0 Å². The molecule has 7 heteroatoms. The van der Waals surface area contributed by atoms with Crippen LogP contribution in [0.5, 0.6) is 11.5 Å².